The minimum Gasteiger partial charge on any atom is -0.497 e. The Morgan fingerprint density at radius 2 is 1.81 bits per heavy atom. The Morgan fingerprint density at radius 3 is 2.38 bits per heavy atom. The van der Waals surface area contributed by atoms with Crippen LogP contribution in [0.2, 0.25) is 0 Å². The maximum atomic E-state index is 12.7. The number of methoxy groups -OCH3 is 1. The summed E-state index contributed by atoms with van der Waals surface area (Å²) in [5.41, 5.74) is 1.90. The van der Waals surface area contributed by atoms with Crippen LogP contribution in [0.5, 0.6) is 5.75 Å². The van der Waals surface area contributed by atoms with E-state index in [4.69, 9.17) is 14.2 Å². The number of ether oxygens (including phenoxy) is 3. The molecule has 7 nitrogen and oxygen atoms in total. The van der Waals surface area contributed by atoms with E-state index in [0.717, 1.165) is 23.4 Å². The van der Waals surface area contributed by atoms with Crippen LogP contribution in [-0.4, -0.2) is 44.6 Å². The van der Waals surface area contributed by atoms with Crippen LogP contribution in [0.15, 0.2) is 12.1 Å². The predicted octanol–water partition coefficient (Wildman–Crippen LogP) is 3.90. The van der Waals surface area contributed by atoms with Crippen molar-refractivity contribution in [2.24, 2.45) is 0 Å². The van der Waals surface area contributed by atoms with Crippen molar-refractivity contribution in [1.82, 2.24) is 0 Å². The normalized spacial score (nSPS) is 18.4. The van der Waals surface area contributed by atoms with Crippen molar-refractivity contribution in [2.45, 2.75) is 45.6 Å². The lowest BCUT2D eigenvalue weighted by molar-refractivity contribution is 0.0577. The summed E-state index contributed by atoms with van der Waals surface area (Å²) >= 11 is 0. The third-order valence-corrected chi connectivity index (χ3v) is 4.54. The van der Waals surface area contributed by atoms with Gasteiger partial charge in [-0.3, -0.25) is 9.80 Å². The summed E-state index contributed by atoms with van der Waals surface area (Å²) in [6, 6.07) is 3.66. The topological polar surface area (TPSA) is 68.3 Å². The third kappa shape index (κ3) is 3.30. The maximum absolute atomic E-state index is 12.7. The first-order valence-corrected chi connectivity index (χ1v) is 8.92. The van der Waals surface area contributed by atoms with Crippen LogP contribution < -0.4 is 14.5 Å². The molecule has 0 saturated heterocycles. The Balaban J connectivity index is 2.03. The lowest BCUT2D eigenvalue weighted by Gasteiger charge is -2.33. The number of carbonyl (C=O) groups is 2. The van der Waals surface area contributed by atoms with E-state index in [2.05, 4.69) is 0 Å². The molecule has 0 bridgehead atoms. The first kappa shape index (κ1) is 18.4. The van der Waals surface area contributed by atoms with Crippen LogP contribution in [-0.2, 0) is 9.47 Å². The Labute approximate surface area is 153 Å². The van der Waals surface area contributed by atoms with Crippen LogP contribution in [0, 0.1) is 0 Å². The van der Waals surface area contributed by atoms with Gasteiger partial charge in [-0.15, -0.1) is 0 Å². The fraction of sp³-hybridized carbons (Fsp3) is 0.579. The predicted molar refractivity (Wildman–Crippen MR) is 98.3 cm³/mol. The molecule has 1 aromatic rings. The second-order valence-corrected chi connectivity index (χ2v) is 7.51. The lowest BCUT2D eigenvalue weighted by atomic mass is 9.91. The lowest BCUT2D eigenvalue weighted by Crippen LogP contribution is -2.40. The SMILES string of the molecule is CCOC(=O)N1CC2CCN(C(=O)OC(C)(C)C)c3cc(OC)cc1c32. The number of benzene rings is 1. The zero-order chi connectivity index (χ0) is 19.1. The van der Waals surface area contributed by atoms with Gasteiger partial charge in [0.15, 0.2) is 0 Å². The smallest absolute Gasteiger partial charge is 0.414 e. The first-order chi connectivity index (χ1) is 12.2. The molecule has 0 spiro atoms. The summed E-state index contributed by atoms with van der Waals surface area (Å²) < 4.78 is 16.1. The van der Waals surface area contributed by atoms with Crippen LogP contribution in [0.1, 0.15) is 45.6 Å². The Hall–Kier alpha value is -2.44. The van der Waals surface area contributed by atoms with Crippen molar-refractivity contribution in [3.8, 4) is 5.75 Å². The summed E-state index contributed by atoms with van der Waals surface area (Å²) in [6.45, 7) is 8.72. The molecular formula is C19H26N2O5. The summed E-state index contributed by atoms with van der Waals surface area (Å²) in [5.74, 6) is 0.762. The molecule has 2 aliphatic heterocycles. The van der Waals surface area contributed by atoms with Crippen molar-refractivity contribution in [3.63, 3.8) is 0 Å². The maximum Gasteiger partial charge on any atom is 0.414 e. The molecule has 2 amide bonds. The van der Waals surface area contributed by atoms with E-state index in [-0.39, 0.29) is 18.1 Å². The van der Waals surface area contributed by atoms with Gasteiger partial charge in [0, 0.05) is 36.7 Å². The number of hydrogen-bond donors (Lipinski definition) is 0. The van der Waals surface area contributed by atoms with E-state index in [1.54, 1.807) is 23.8 Å². The van der Waals surface area contributed by atoms with Gasteiger partial charge in [-0.05, 0) is 34.1 Å². The second-order valence-electron chi connectivity index (χ2n) is 7.51. The van der Waals surface area contributed by atoms with E-state index in [0.29, 0.717) is 25.4 Å². The molecule has 1 aromatic carbocycles. The van der Waals surface area contributed by atoms with Gasteiger partial charge < -0.3 is 14.2 Å². The molecule has 1 unspecified atom stereocenters. The monoisotopic (exact) mass is 362 g/mol. The second kappa shape index (κ2) is 6.70. The Bertz CT molecular complexity index is 725. The molecule has 0 aromatic heterocycles. The molecule has 1 atom stereocenters. The first-order valence-electron chi connectivity index (χ1n) is 8.92. The van der Waals surface area contributed by atoms with Gasteiger partial charge in [-0.1, -0.05) is 0 Å². The van der Waals surface area contributed by atoms with Gasteiger partial charge in [0.05, 0.1) is 25.1 Å². The molecular weight excluding hydrogens is 336 g/mol. The fourth-order valence-corrected chi connectivity index (χ4v) is 3.51. The highest BCUT2D eigenvalue weighted by Gasteiger charge is 2.41. The quantitative estimate of drug-likeness (QED) is 0.798. The molecule has 142 valence electrons. The van der Waals surface area contributed by atoms with Crippen molar-refractivity contribution >= 4 is 23.6 Å². The van der Waals surface area contributed by atoms with Gasteiger partial charge in [-0.2, -0.15) is 0 Å². The number of anilines is 2. The molecule has 0 aliphatic carbocycles. The Kier molecular flexibility index (Phi) is 4.73. The molecule has 0 radical (unpaired) electrons. The largest absolute Gasteiger partial charge is 0.497 e. The van der Waals surface area contributed by atoms with E-state index in [1.807, 2.05) is 32.9 Å². The number of rotatable bonds is 2. The number of carbonyl (C=O) groups excluding carboxylic acids is 2. The van der Waals surface area contributed by atoms with E-state index >= 15 is 0 Å². The molecule has 0 saturated carbocycles. The van der Waals surface area contributed by atoms with E-state index < -0.39 is 5.60 Å². The summed E-state index contributed by atoms with van der Waals surface area (Å²) in [7, 11) is 1.57. The Morgan fingerprint density at radius 1 is 1.15 bits per heavy atom. The van der Waals surface area contributed by atoms with E-state index in [1.165, 1.54) is 0 Å². The molecule has 2 heterocycles. The third-order valence-electron chi connectivity index (χ3n) is 4.54. The molecule has 26 heavy (non-hydrogen) atoms. The average Bonchev–Trinajstić information content (AvgIpc) is 2.93. The van der Waals surface area contributed by atoms with Crippen LogP contribution in [0.3, 0.4) is 0 Å². The standard InChI is InChI=1S/C19H26N2O5/c1-6-25-17(22)21-11-12-7-8-20(18(23)26-19(2,3)4)14-9-13(24-5)10-15(21)16(12)14/h9-10,12H,6-8,11H2,1-5H3. The van der Waals surface area contributed by atoms with Gasteiger partial charge in [0.2, 0.25) is 0 Å². The molecule has 0 fully saturated rings. The molecule has 3 rings (SSSR count). The summed E-state index contributed by atoms with van der Waals surface area (Å²) in [6.07, 6.45) is 0.00346. The average molecular weight is 362 g/mol. The summed E-state index contributed by atoms with van der Waals surface area (Å²) in [5, 5.41) is 0. The van der Waals surface area contributed by atoms with Crippen LogP contribution in [0.25, 0.3) is 0 Å². The highest BCUT2D eigenvalue weighted by Crippen LogP contribution is 2.49. The fourth-order valence-electron chi connectivity index (χ4n) is 3.51. The highest BCUT2D eigenvalue weighted by molar-refractivity contribution is 5.98. The van der Waals surface area contributed by atoms with Gasteiger partial charge >= 0.3 is 12.2 Å². The van der Waals surface area contributed by atoms with Crippen molar-refractivity contribution in [2.75, 3.05) is 36.6 Å². The van der Waals surface area contributed by atoms with Crippen molar-refractivity contribution in [3.05, 3.63) is 17.7 Å². The zero-order valence-corrected chi connectivity index (χ0v) is 16.0. The number of nitrogens with zero attached hydrogens (tertiary/aromatic N) is 2. The number of hydrogen-bond acceptors (Lipinski definition) is 5. The van der Waals surface area contributed by atoms with Crippen molar-refractivity contribution in [1.29, 1.82) is 0 Å². The molecule has 7 heteroatoms. The van der Waals surface area contributed by atoms with Crippen molar-refractivity contribution < 1.29 is 23.8 Å². The van der Waals surface area contributed by atoms with Gasteiger partial charge in [0.1, 0.15) is 11.4 Å². The highest BCUT2D eigenvalue weighted by atomic mass is 16.6. The van der Waals surface area contributed by atoms with Crippen LogP contribution in [0.4, 0.5) is 21.0 Å². The van der Waals surface area contributed by atoms with Gasteiger partial charge in [0.25, 0.3) is 0 Å². The minimum absolute atomic E-state index is 0.175. The van der Waals surface area contributed by atoms with Gasteiger partial charge in [-0.25, -0.2) is 9.59 Å². The molecule has 2 aliphatic rings. The molecule has 0 N–H and O–H groups in total. The van der Waals surface area contributed by atoms with E-state index in [9.17, 15) is 9.59 Å². The number of amides is 2. The zero-order valence-electron chi connectivity index (χ0n) is 16.0. The minimum atomic E-state index is -0.576. The van der Waals surface area contributed by atoms with Crippen LogP contribution >= 0.6 is 0 Å². The summed E-state index contributed by atoms with van der Waals surface area (Å²) in [4.78, 5) is 28.3.